The van der Waals surface area contributed by atoms with Crippen LogP contribution in [-0.4, -0.2) is 10.5 Å². The summed E-state index contributed by atoms with van der Waals surface area (Å²) < 4.78 is 0.532. The maximum Gasteiger partial charge on any atom is 0.0241 e. The summed E-state index contributed by atoms with van der Waals surface area (Å²) in [6.07, 6.45) is 0. The van der Waals surface area contributed by atoms with Crippen LogP contribution in [0.4, 0.5) is 0 Å². The molecule has 0 nitrogen and oxygen atoms in total. The minimum Gasteiger partial charge on any atom is -0.0933 e. The Morgan fingerprint density at radius 1 is 1.30 bits per heavy atom. The van der Waals surface area contributed by atoms with Crippen LogP contribution >= 0.6 is 21.6 Å². The molecule has 2 heteroatoms. The van der Waals surface area contributed by atoms with Gasteiger partial charge in [-0.3, -0.25) is 0 Å². The van der Waals surface area contributed by atoms with Gasteiger partial charge in [0.2, 0.25) is 0 Å². The lowest BCUT2D eigenvalue weighted by Crippen LogP contribution is -2.20. The van der Waals surface area contributed by atoms with E-state index in [1.807, 2.05) is 35.4 Å². The molecule has 1 fully saturated rings. The quantitative estimate of drug-likeness (QED) is 0.517. The van der Waals surface area contributed by atoms with E-state index in [0.29, 0.717) is 4.75 Å². The second-order valence-electron chi connectivity index (χ2n) is 2.87. The van der Waals surface area contributed by atoms with Crippen molar-refractivity contribution in [2.75, 3.05) is 5.75 Å². The third kappa shape index (κ3) is 2.75. The summed E-state index contributed by atoms with van der Waals surface area (Å²) in [5, 5.41) is 0. The SMILES string of the molecule is CC.C[C@H]1CSSC1(C)C. The minimum absolute atomic E-state index is 0.532. The van der Waals surface area contributed by atoms with Crippen LogP contribution in [0.5, 0.6) is 0 Å². The second kappa shape index (κ2) is 4.55. The average Bonchev–Trinajstić information content (AvgIpc) is 2.17. The first kappa shape index (κ1) is 10.7. The maximum absolute atomic E-state index is 2.33. The first-order chi connectivity index (χ1) is 4.63. The van der Waals surface area contributed by atoms with Crippen molar-refractivity contribution >= 4 is 21.6 Å². The molecule has 0 N–H and O–H groups in total. The Kier molecular flexibility index (Phi) is 4.87. The summed E-state index contributed by atoms with van der Waals surface area (Å²) in [5.41, 5.74) is 0. The Morgan fingerprint density at radius 3 is 1.90 bits per heavy atom. The van der Waals surface area contributed by atoms with E-state index >= 15 is 0 Å². The van der Waals surface area contributed by atoms with Gasteiger partial charge in [-0.1, -0.05) is 42.4 Å². The standard InChI is InChI=1S/C6H12S2.C2H6/c1-5-4-7-8-6(5,2)3;1-2/h5H,4H2,1-3H3;1-2H3/t5-;/m0./s1. The molecule has 10 heavy (non-hydrogen) atoms. The molecule has 1 aliphatic rings. The molecule has 0 saturated carbocycles. The molecular weight excluding hydrogens is 160 g/mol. The second-order valence-corrected chi connectivity index (χ2v) is 5.87. The molecule has 1 heterocycles. The Labute approximate surface area is 72.9 Å². The van der Waals surface area contributed by atoms with Crippen molar-refractivity contribution in [1.29, 1.82) is 0 Å². The van der Waals surface area contributed by atoms with E-state index in [2.05, 4.69) is 20.8 Å². The monoisotopic (exact) mass is 178 g/mol. The first-order valence-corrected chi connectivity index (χ1v) is 6.25. The van der Waals surface area contributed by atoms with Crippen LogP contribution in [0.2, 0.25) is 0 Å². The van der Waals surface area contributed by atoms with E-state index in [1.165, 1.54) is 5.75 Å². The zero-order chi connectivity index (χ0) is 8.20. The van der Waals surface area contributed by atoms with E-state index in [9.17, 15) is 0 Å². The summed E-state index contributed by atoms with van der Waals surface area (Å²) in [7, 11) is 4.03. The summed E-state index contributed by atoms with van der Waals surface area (Å²) in [4.78, 5) is 0. The van der Waals surface area contributed by atoms with Gasteiger partial charge in [0.1, 0.15) is 0 Å². The van der Waals surface area contributed by atoms with E-state index in [4.69, 9.17) is 0 Å². The summed E-state index contributed by atoms with van der Waals surface area (Å²) in [5.74, 6) is 2.22. The normalized spacial score (nSPS) is 29.1. The highest BCUT2D eigenvalue weighted by Crippen LogP contribution is 2.49. The van der Waals surface area contributed by atoms with Crippen LogP contribution in [0, 0.1) is 5.92 Å². The third-order valence-corrected chi connectivity index (χ3v) is 5.41. The number of hydrogen-bond donors (Lipinski definition) is 0. The Morgan fingerprint density at radius 2 is 1.80 bits per heavy atom. The fourth-order valence-electron chi connectivity index (χ4n) is 0.571. The van der Waals surface area contributed by atoms with Gasteiger partial charge in [-0.15, -0.1) is 0 Å². The highest BCUT2D eigenvalue weighted by atomic mass is 33.1. The Bertz CT molecular complexity index is 89.3. The first-order valence-electron chi connectivity index (χ1n) is 3.93. The van der Waals surface area contributed by atoms with Gasteiger partial charge in [0.05, 0.1) is 0 Å². The molecule has 0 spiro atoms. The fraction of sp³-hybridized carbons (Fsp3) is 1.00. The van der Waals surface area contributed by atoms with E-state index < -0.39 is 0 Å². The molecule has 0 radical (unpaired) electrons. The predicted octanol–water partition coefficient (Wildman–Crippen LogP) is 3.82. The van der Waals surface area contributed by atoms with Crippen LogP contribution in [-0.2, 0) is 0 Å². The molecule has 0 aromatic carbocycles. The van der Waals surface area contributed by atoms with Crippen molar-refractivity contribution in [3.63, 3.8) is 0 Å². The third-order valence-electron chi connectivity index (χ3n) is 1.78. The van der Waals surface area contributed by atoms with Gasteiger partial charge >= 0.3 is 0 Å². The van der Waals surface area contributed by atoms with Gasteiger partial charge in [-0.05, 0) is 19.8 Å². The summed E-state index contributed by atoms with van der Waals surface area (Å²) in [6, 6.07) is 0. The van der Waals surface area contributed by atoms with Crippen molar-refractivity contribution in [2.45, 2.75) is 39.4 Å². The summed E-state index contributed by atoms with van der Waals surface area (Å²) >= 11 is 0. The predicted molar refractivity (Wildman–Crippen MR) is 54.6 cm³/mol. The van der Waals surface area contributed by atoms with Gasteiger partial charge in [-0.25, -0.2) is 0 Å². The van der Waals surface area contributed by atoms with Gasteiger partial charge in [-0.2, -0.15) is 0 Å². The van der Waals surface area contributed by atoms with Crippen LogP contribution in [0.3, 0.4) is 0 Å². The van der Waals surface area contributed by atoms with Crippen LogP contribution in [0.25, 0.3) is 0 Å². The van der Waals surface area contributed by atoms with Crippen LogP contribution in [0.1, 0.15) is 34.6 Å². The van der Waals surface area contributed by atoms with Gasteiger partial charge in [0, 0.05) is 10.5 Å². The van der Waals surface area contributed by atoms with Crippen LogP contribution in [0.15, 0.2) is 0 Å². The molecule has 0 aliphatic carbocycles. The average molecular weight is 178 g/mol. The summed E-state index contributed by atoms with van der Waals surface area (Å²) in [6.45, 7) is 11.0. The van der Waals surface area contributed by atoms with Crippen molar-refractivity contribution in [2.24, 2.45) is 5.92 Å². The van der Waals surface area contributed by atoms with Crippen LogP contribution < -0.4 is 0 Å². The van der Waals surface area contributed by atoms with Crippen molar-refractivity contribution in [3.05, 3.63) is 0 Å². The highest BCUT2D eigenvalue weighted by Gasteiger charge is 2.32. The smallest absolute Gasteiger partial charge is 0.0241 e. The highest BCUT2D eigenvalue weighted by molar-refractivity contribution is 8.77. The molecule has 62 valence electrons. The molecule has 0 bridgehead atoms. The molecule has 0 unspecified atom stereocenters. The Hall–Kier alpha value is 0.700. The molecule has 0 aromatic rings. The topological polar surface area (TPSA) is 0 Å². The molecule has 1 atom stereocenters. The number of hydrogen-bond acceptors (Lipinski definition) is 2. The van der Waals surface area contributed by atoms with E-state index in [-0.39, 0.29) is 0 Å². The molecular formula is C8H18S2. The van der Waals surface area contributed by atoms with Gasteiger partial charge in [0.25, 0.3) is 0 Å². The molecule has 0 aromatic heterocycles. The lowest BCUT2D eigenvalue weighted by Gasteiger charge is -2.19. The van der Waals surface area contributed by atoms with Crippen molar-refractivity contribution < 1.29 is 0 Å². The minimum atomic E-state index is 0.532. The van der Waals surface area contributed by atoms with E-state index in [0.717, 1.165) is 5.92 Å². The molecule has 0 amide bonds. The zero-order valence-corrected chi connectivity index (χ0v) is 9.23. The lowest BCUT2D eigenvalue weighted by atomic mass is 9.99. The molecule has 1 rings (SSSR count). The number of rotatable bonds is 0. The van der Waals surface area contributed by atoms with Gasteiger partial charge in [0.15, 0.2) is 0 Å². The molecule has 1 aliphatic heterocycles. The molecule has 1 saturated heterocycles. The zero-order valence-electron chi connectivity index (χ0n) is 7.60. The van der Waals surface area contributed by atoms with Crippen molar-refractivity contribution in [1.82, 2.24) is 0 Å². The fourth-order valence-corrected chi connectivity index (χ4v) is 4.14. The maximum atomic E-state index is 2.33. The lowest BCUT2D eigenvalue weighted by molar-refractivity contribution is 0.522. The largest absolute Gasteiger partial charge is 0.0933 e. The Balaban J connectivity index is 0.000000371. The van der Waals surface area contributed by atoms with Crippen molar-refractivity contribution in [3.8, 4) is 0 Å². The van der Waals surface area contributed by atoms with E-state index in [1.54, 1.807) is 0 Å². The van der Waals surface area contributed by atoms with Gasteiger partial charge < -0.3 is 0 Å².